The molecule has 0 saturated heterocycles. The fourth-order valence-electron chi connectivity index (χ4n) is 1.76. The van der Waals surface area contributed by atoms with Crippen LogP contribution < -0.4 is 11.1 Å². The van der Waals surface area contributed by atoms with Crippen molar-refractivity contribution >= 4 is 22.0 Å². The second kappa shape index (κ2) is 7.09. The number of carbonyl (C=O) groups excluding carboxylic acids is 1. The molecule has 1 rings (SSSR count). The number of rotatable bonds is 4. The van der Waals surface area contributed by atoms with Gasteiger partial charge >= 0.3 is 6.09 Å². The Bertz CT molecular complexity index is 469. The van der Waals surface area contributed by atoms with Crippen molar-refractivity contribution in [3.05, 3.63) is 33.8 Å². The molecule has 0 aliphatic heterocycles. The van der Waals surface area contributed by atoms with Crippen LogP contribution in [-0.4, -0.2) is 24.3 Å². The van der Waals surface area contributed by atoms with Gasteiger partial charge < -0.3 is 15.8 Å². The van der Waals surface area contributed by atoms with Crippen molar-refractivity contribution in [1.82, 2.24) is 5.32 Å². The van der Waals surface area contributed by atoms with Crippen LogP contribution in [0.15, 0.2) is 22.7 Å². The van der Waals surface area contributed by atoms with Gasteiger partial charge in [0.05, 0.1) is 0 Å². The molecule has 1 atom stereocenters. The first-order chi connectivity index (χ1) is 9.19. The molecule has 1 aromatic carbocycles. The van der Waals surface area contributed by atoms with E-state index in [1.165, 1.54) is 11.1 Å². The van der Waals surface area contributed by atoms with E-state index in [2.05, 4.69) is 21.2 Å². The van der Waals surface area contributed by atoms with Crippen LogP contribution in [-0.2, 0) is 11.2 Å². The predicted molar refractivity (Wildman–Crippen MR) is 84.8 cm³/mol. The van der Waals surface area contributed by atoms with E-state index < -0.39 is 11.7 Å². The van der Waals surface area contributed by atoms with Crippen LogP contribution in [0.5, 0.6) is 0 Å². The number of halogens is 1. The number of benzene rings is 1. The van der Waals surface area contributed by atoms with E-state index in [9.17, 15) is 4.79 Å². The SMILES string of the molecule is Cc1c(Br)cccc1CC(N)CNC(=O)OC(C)(C)C. The standard InChI is InChI=1S/C15H23BrN2O2/c1-10-11(6-5-7-13(10)16)8-12(17)9-18-14(19)20-15(2,3)4/h5-7,12H,8-9,17H2,1-4H3,(H,18,19). The van der Waals surface area contributed by atoms with Crippen molar-refractivity contribution in [2.45, 2.75) is 45.8 Å². The van der Waals surface area contributed by atoms with Gasteiger partial charge in [0, 0.05) is 17.1 Å². The molecule has 0 heterocycles. The highest BCUT2D eigenvalue weighted by Gasteiger charge is 2.16. The third-order valence-corrected chi connectivity index (χ3v) is 3.63. The zero-order valence-electron chi connectivity index (χ0n) is 12.5. The highest BCUT2D eigenvalue weighted by atomic mass is 79.9. The Morgan fingerprint density at radius 1 is 1.45 bits per heavy atom. The highest BCUT2D eigenvalue weighted by molar-refractivity contribution is 9.10. The number of hydrogen-bond donors (Lipinski definition) is 2. The first-order valence-corrected chi connectivity index (χ1v) is 7.45. The third-order valence-electron chi connectivity index (χ3n) is 2.77. The summed E-state index contributed by atoms with van der Waals surface area (Å²) in [6.07, 6.45) is 0.278. The van der Waals surface area contributed by atoms with E-state index in [4.69, 9.17) is 10.5 Å². The average Bonchev–Trinajstić information content (AvgIpc) is 2.30. The van der Waals surface area contributed by atoms with Crippen LogP contribution in [0.4, 0.5) is 4.79 Å². The number of carbonyl (C=O) groups is 1. The van der Waals surface area contributed by atoms with Gasteiger partial charge in [0.15, 0.2) is 0 Å². The number of nitrogens with one attached hydrogen (secondary N) is 1. The van der Waals surface area contributed by atoms with Crippen LogP contribution in [0.2, 0.25) is 0 Å². The number of ether oxygens (including phenoxy) is 1. The summed E-state index contributed by atoms with van der Waals surface area (Å²) in [7, 11) is 0. The second-order valence-electron chi connectivity index (χ2n) is 5.87. The number of hydrogen-bond acceptors (Lipinski definition) is 3. The van der Waals surface area contributed by atoms with E-state index >= 15 is 0 Å². The predicted octanol–water partition coefficient (Wildman–Crippen LogP) is 3.15. The fourth-order valence-corrected chi connectivity index (χ4v) is 2.16. The van der Waals surface area contributed by atoms with Crippen LogP contribution in [0.25, 0.3) is 0 Å². The first-order valence-electron chi connectivity index (χ1n) is 6.65. The van der Waals surface area contributed by atoms with Crippen LogP contribution in [0.3, 0.4) is 0 Å². The molecule has 4 nitrogen and oxygen atoms in total. The minimum absolute atomic E-state index is 0.143. The molecule has 0 bridgehead atoms. The summed E-state index contributed by atoms with van der Waals surface area (Å²) in [5.41, 5.74) is 7.92. The molecule has 112 valence electrons. The lowest BCUT2D eigenvalue weighted by molar-refractivity contribution is 0.0524. The van der Waals surface area contributed by atoms with Gasteiger partial charge in [-0.05, 0) is 51.3 Å². The third kappa shape index (κ3) is 5.92. The van der Waals surface area contributed by atoms with Crippen LogP contribution in [0.1, 0.15) is 31.9 Å². The van der Waals surface area contributed by atoms with Crippen molar-refractivity contribution in [1.29, 1.82) is 0 Å². The number of alkyl carbamates (subject to hydrolysis) is 1. The van der Waals surface area contributed by atoms with Crippen molar-refractivity contribution < 1.29 is 9.53 Å². The summed E-state index contributed by atoms with van der Waals surface area (Å²) < 4.78 is 6.24. The molecule has 1 amide bonds. The summed E-state index contributed by atoms with van der Waals surface area (Å²) in [4.78, 5) is 11.5. The molecule has 0 radical (unpaired) electrons. The number of amides is 1. The second-order valence-corrected chi connectivity index (χ2v) is 6.73. The quantitative estimate of drug-likeness (QED) is 0.883. The molecule has 5 heteroatoms. The van der Waals surface area contributed by atoms with E-state index in [-0.39, 0.29) is 6.04 Å². The summed E-state index contributed by atoms with van der Waals surface area (Å²) in [6.45, 7) is 7.93. The molecule has 0 saturated carbocycles. The summed E-state index contributed by atoms with van der Waals surface area (Å²) >= 11 is 3.50. The molecular formula is C15H23BrN2O2. The molecule has 1 aromatic rings. The van der Waals surface area contributed by atoms with Gasteiger partial charge in [-0.25, -0.2) is 4.79 Å². The van der Waals surface area contributed by atoms with E-state index in [1.54, 1.807) is 0 Å². The zero-order chi connectivity index (χ0) is 15.3. The molecule has 0 spiro atoms. The van der Waals surface area contributed by atoms with Crippen molar-refractivity contribution in [2.24, 2.45) is 5.73 Å². The van der Waals surface area contributed by atoms with Crippen molar-refractivity contribution in [2.75, 3.05) is 6.54 Å². The van der Waals surface area contributed by atoms with Crippen LogP contribution in [0, 0.1) is 6.92 Å². The minimum atomic E-state index is -0.491. The Morgan fingerprint density at radius 3 is 2.70 bits per heavy atom. The Morgan fingerprint density at radius 2 is 2.10 bits per heavy atom. The largest absolute Gasteiger partial charge is 0.444 e. The molecule has 0 aliphatic rings. The Kier molecular flexibility index (Phi) is 6.02. The van der Waals surface area contributed by atoms with Crippen LogP contribution >= 0.6 is 15.9 Å². The Balaban J connectivity index is 2.46. The summed E-state index contributed by atoms with van der Waals surface area (Å²) in [5, 5.41) is 2.70. The first kappa shape index (κ1) is 17.0. The van der Waals surface area contributed by atoms with Crippen molar-refractivity contribution in [3.63, 3.8) is 0 Å². The van der Waals surface area contributed by atoms with Gasteiger partial charge in [-0.1, -0.05) is 28.1 Å². The maximum Gasteiger partial charge on any atom is 0.407 e. The molecule has 0 aliphatic carbocycles. The Hall–Kier alpha value is -1.07. The van der Waals surface area contributed by atoms with E-state index in [0.29, 0.717) is 13.0 Å². The van der Waals surface area contributed by atoms with Gasteiger partial charge in [0.25, 0.3) is 0 Å². The maximum absolute atomic E-state index is 11.5. The highest BCUT2D eigenvalue weighted by Crippen LogP contribution is 2.20. The van der Waals surface area contributed by atoms with Gasteiger partial charge in [0.2, 0.25) is 0 Å². The maximum atomic E-state index is 11.5. The molecule has 1 unspecified atom stereocenters. The fraction of sp³-hybridized carbons (Fsp3) is 0.533. The molecule has 0 fully saturated rings. The van der Waals surface area contributed by atoms with Gasteiger partial charge in [-0.15, -0.1) is 0 Å². The molecule has 3 N–H and O–H groups in total. The van der Waals surface area contributed by atoms with E-state index in [0.717, 1.165) is 4.47 Å². The summed E-state index contributed by atoms with van der Waals surface area (Å²) in [6, 6.07) is 5.90. The Labute approximate surface area is 129 Å². The normalized spacial score (nSPS) is 12.9. The molecular weight excluding hydrogens is 320 g/mol. The smallest absolute Gasteiger partial charge is 0.407 e. The van der Waals surface area contributed by atoms with E-state index in [1.807, 2.05) is 45.9 Å². The zero-order valence-corrected chi connectivity index (χ0v) is 14.1. The molecule has 0 aromatic heterocycles. The van der Waals surface area contributed by atoms with Crippen molar-refractivity contribution in [3.8, 4) is 0 Å². The monoisotopic (exact) mass is 342 g/mol. The number of nitrogens with two attached hydrogens (primary N) is 1. The average molecular weight is 343 g/mol. The van der Waals surface area contributed by atoms with Gasteiger partial charge in [-0.2, -0.15) is 0 Å². The summed E-state index contributed by atoms with van der Waals surface area (Å²) in [5.74, 6) is 0. The van der Waals surface area contributed by atoms with Gasteiger partial charge in [0.1, 0.15) is 5.60 Å². The molecule has 20 heavy (non-hydrogen) atoms. The topological polar surface area (TPSA) is 64.3 Å². The lowest BCUT2D eigenvalue weighted by Crippen LogP contribution is -2.41. The minimum Gasteiger partial charge on any atom is -0.444 e. The lowest BCUT2D eigenvalue weighted by Gasteiger charge is -2.21. The lowest BCUT2D eigenvalue weighted by atomic mass is 10.0. The van der Waals surface area contributed by atoms with Gasteiger partial charge in [-0.3, -0.25) is 0 Å².